The normalized spacial score (nSPS) is 33.6. The lowest BCUT2D eigenvalue weighted by Gasteiger charge is -2.29. The molecule has 1 aliphatic heterocycles. The molecule has 2 fully saturated rings. The first-order chi connectivity index (χ1) is 8.52. The average molecular weight is 274 g/mol. The fourth-order valence-corrected chi connectivity index (χ4v) is 4.84. The minimum atomic E-state index is -2.84. The number of rotatable bonds is 5. The van der Waals surface area contributed by atoms with Gasteiger partial charge in [-0.05, 0) is 31.1 Å². The van der Waals surface area contributed by atoms with Crippen LogP contribution in [0.2, 0.25) is 0 Å². The Labute approximate surface area is 111 Å². The Kier molecular flexibility index (Phi) is 4.67. The fraction of sp³-hybridized carbons (Fsp3) is 1.00. The van der Waals surface area contributed by atoms with Gasteiger partial charge in [-0.2, -0.15) is 0 Å². The number of sulfone groups is 1. The molecule has 2 rings (SSSR count). The maximum atomic E-state index is 11.7. The third-order valence-electron chi connectivity index (χ3n) is 4.46. The molecule has 0 aromatic heterocycles. The highest BCUT2D eigenvalue weighted by Crippen LogP contribution is 2.35. The summed E-state index contributed by atoms with van der Waals surface area (Å²) in [6.07, 6.45) is 4.38. The van der Waals surface area contributed by atoms with E-state index < -0.39 is 9.84 Å². The summed E-state index contributed by atoms with van der Waals surface area (Å²) in [5.41, 5.74) is 6.17. The third kappa shape index (κ3) is 3.45. The smallest absolute Gasteiger partial charge is 0.151 e. The number of likely N-dealkylation sites (tertiary alicyclic amines) is 1. The van der Waals surface area contributed by atoms with E-state index in [0.29, 0.717) is 35.9 Å². The van der Waals surface area contributed by atoms with E-state index in [-0.39, 0.29) is 0 Å². The van der Waals surface area contributed by atoms with Crippen molar-refractivity contribution in [3.8, 4) is 0 Å². The van der Waals surface area contributed by atoms with Crippen molar-refractivity contribution in [3.63, 3.8) is 0 Å². The maximum absolute atomic E-state index is 11.7. The van der Waals surface area contributed by atoms with Crippen molar-refractivity contribution < 1.29 is 8.42 Å². The van der Waals surface area contributed by atoms with Gasteiger partial charge in [0.2, 0.25) is 0 Å². The highest BCUT2D eigenvalue weighted by Gasteiger charge is 2.38. The number of nitrogens with zero attached hydrogens (tertiary/aromatic N) is 1. The molecule has 18 heavy (non-hydrogen) atoms. The van der Waals surface area contributed by atoms with Crippen molar-refractivity contribution in [1.82, 2.24) is 4.90 Å². The second-order valence-electron chi connectivity index (χ2n) is 5.93. The molecule has 106 valence electrons. The van der Waals surface area contributed by atoms with Gasteiger partial charge in [0.15, 0.2) is 9.84 Å². The van der Waals surface area contributed by atoms with E-state index in [1.807, 2.05) is 6.92 Å². The Bertz CT molecular complexity index is 369. The molecule has 3 unspecified atom stereocenters. The lowest BCUT2D eigenvalue weighted by Crippen LogP contribution is -2.38. The van der Waals surface area contributed by atoms with Gasteiger partial charge < -0.3 is 10.6 Å². The highest BCUT2D eigenvalue weighted by atomic mass is 32.2. The van der Waals surface area contributed by atoms with Crippen LogP contribution in [0.15, 0.2) is 0 Å². The van der Waals surface area contributed by atoms with E-state index in [0.717, 1.165) is 25.9 Å². The standard InChI is InChI=1S/C13H26N2O2S/c1-2-7-18(16,17)8-6-15-9-11-4-3-5-13(14)12(11)10-15/h11-13H,2-10,14H2,1H3. The second kappa shape index (κ2) is 5.88. The second-order valence-corrected chi connectivity index (χ2v) is 8.23. The van der Waals surface area contributed by atoms with E-state index in [9.17, 15) is 8.42 Å². The van der Waals surface area contributed by atoms with Crippen LogP contribution in [0.3, 0.4) is 0 Å². The molecule has 1 heterocycles. The molecule has 1 saturated carbocycles. The van der Waals surface area contributed by atoms with Crippen LogP contribution in [0.5, 0.6) is 0 Å². The van der Waals surface area contributed by atoms with Crippen LogP contribution in [0.1, 0.15) is 32.6 Å². The lowest BCUT2D eigenvalue weighted by atomic mass is 9.78. The lowest BCUT2D eigenvalue weighted by molar-refractivity contribution is 0.259. The summed E-state index contributed by atoms with van der Waals surface area (Å²) in [7, 11) is -2.84. The van der Waals surface area contributed by atoms with E-state index in [1.165, 1.54) is 12.8 Å². The summed E-state index contributed by atoms with van der Waals surface area (Å²) >= 11 is 0. The third-order valence-corrected chi connectivity index (χ3v) is 6.30. The molecular formula is C13H26N2O2S. The Morgan fingerprint density at radius 1 is 1.22 bits per heavy atom. The molecule has 1 aliphatic carbocycles. The maximum Gasteiger partial charge on any atom is 0.151 e. The Balaban J connectivity index is 1.82. The van der Waals surface area contributed by atoms with Gasteiger partial charge in [-0.15, -0.1) is 0 Å². The minimum absolute atomic E-state index is 0.315. The van der Waals surface area contributed by atoms with Gasteiger partial charge in [-0.3, -0.25) is 0 Å². The summed E-state index contributed by atoms with van der Waals surface area (Å²) in [5.74, 6) is 1.96. The minimum Gasteiger partial charge on any atom is -0.327 e. The molecule has 0 amide bonds. The zero-order chi connectivity index (χ0) is 13.2. The summed E-state index contributed by atoms with van der Waals surface area (Å²) in [5, 5.41) is 0. The number of hydrogen-bond donors (Lipinski definition) is 1. The van der Waals surface area contributed by atoms with Crippen molar-refractivity contribution in [2.75, 3.05) is 31.1 Å². The number of fused-ring (bicyclic) bond motifs is 1. The Morgan fingerprint density at radius 3 is 2.67 bits per heavy atom. The van der Waals surface area contributed by atoms with Gasteiger partial charge in [-0.25, -0.2) is 8.42 Å². The van der Waals surface area contributed by atoms with Crippen molar-refractivity contribution in [2.24, 2.45) is 17.6 Å². The molecule has 0 radical (unpaired) electrons. The molecule has 4 nitrogen and oxygen atoms in total. The monoisotopic (exact) mass is 274 g/mol. The van der Waals surface area contributed by atoms with Gasteiger partial charge in [0.1, 0.15) is 0 Å². The SMILES string of the molecule is CCCS(=O)(=O)CCN1CC2CCCC(N)C2C1. The summed E-state index contributed by atoms with van der Waals surface area (Å²) in [6, 6.07) is 0.334. The van der Waals surface area contributed by atoms with Crippen LogP contribution in [0, 0.1) is 11.8 Å². The van der Waals surface area contributed by atoms with Crippen molar-refractivity contribution in [1.29, 1.82) is 0 Å². The molecule has 0 spiro atoms. The van der Waals surface area contributed by atoms with Crippen LogP contribution in [-0.4, -0.2) is 50.5 Å². The van der Waals surface area contributed by atoms with Crippen LogP contribution in [0.4, 0.5) is 0 Å². The fourth-order valence-electron chi connectivity index (χ4n) is 3.47. The van der Waals surface area contributed by atoms with Gasteiger partial charge in [0, 0.05) is 31.4 Å². The Morgan fingerprint density at radius 2 is 2.00 bits per heavy atom. The van der Waals surface area contributed by atoms with E-state index in [4.69, 9.17) is 5.73 Å². The van der Waals surface area contributed by atoms with Crippen LogP contribution in [0.25, 0.3) is 0 Å². The van der Waals surface area contributed by atoms with Crippen LogP contribution in [-0.2, 0) is 9.84 Å². The average Bonchev–Trinajstić information content (AvgIpc) is 2.71. The highest BCUT2D eigenvalue weighted by molar-refractivity contribution is 7.91. The van der Waals surface area contributed by atoms with Crippen molar-refractivity contribution in [2.45, 2.75) is 38.6 Å². The molecule has 0 bridgehead atoms. The van der Waals surface area contributed by atoms with Gasteiger partial charge in [0.05, 0.1) is 5.75 Å². The zero-order valence-corrected chi connectivity index (χ0v) is 12.2. The quantitative estimate of drug-likeness (QED) is 0.808. The Hall–Kier alpha value is -0.130. The van der Waals surface area contributed by atoms with Gasteiger partial charge >= 0.3 is 0 Å². The first-order valence-electron chi connectivity index (χ1n) is 7.20. The molecule has 1 saturated heterocycles. The largest absolute Gasteiger partial charge is 0.327 e. The summed E-state index contributed by atoms with van der Waals surface area (Å²) in [4.78, 5) is 2.31. The number of hydrogen-bond acceptors (Lipinski definition) is 4. The predicted molar refractivity (Wildman–Crippen MR) is 74.2 cm³/mol. The molecule has 0 aromatic carbocycles. The molecule has 5 heteroatoms. The number of nitrogens with two attached hydrogens (primary N) is 1. The first-order valence-corrected chi connectivity index (χ1v) is 9.02. The molecule has 3 atom stereocenters. The predicted octanol–water partition coefficient (Wildman–Crippen LogP) is 0.870. The molecular weight excluding hydrogens is 248 g/mol. The molecule has 2 aliphatic rings. The first kappa shape index (κ1) is 14.3. The van der Waals surface area contributed by atoms with E-state index >= 15 is 0 Å². The van der Waals surface area contributed by atoms with Crippen molar-refractivity contribution in [3.05, 3.63) is 0 Å². The zero-order valence-electron chi connectivity index (χ0n) is 11.3. The van der Waals surface area contributed by atoms with Crippen LogP contribution >= 0.6 is 0 Å². The van der Waals surface area contributed by atoms with Crippen molar-refractivity contribution >= 4 is 9.84 Å². The summed E-state index contributed by atoms with van der Waals surface area (Å²) in [6.45, 7) is 4.68. The topological polar surface area (TPSA) is 63.4 Å². The van der Waals surface area contributed by atoms with Crippen LogP contribution < -0.4 is 5.73 Å². The summed E-state index contributed by atoms with van der Waals surface area (Å²) < 4.78 is 23.4. The van der Waals surface area contributed by atoms with E-state index in [1.54, 1.807) is 0 Å². The van der Waals surface area contributed by atoms with E-state index in [2.05, 4.69) is 4.90 Å². The molecule has 2 N–H and O–H groups in total. The van der Waals surface area contributed by atoms with Gasteiger partial charge in [-0.1, -0.05) is 13.3 Å². The molecule has 0 aromatic rings. The van der Waals surface area contributed by atoms with Gasteiger partial charge in [0.25, 0.3) is 0 Å².